The summed E-state index contributed by atoms with van der Waals surface area (Å²) in [6.45, 7) is 7.06. The summed E-state index contributed by atoms with van der Waals surface area (Å²) in [5.74, 6) is 0.738. The first-order chi connectivity index (χ1) is 9.74. The SMILES string of the molecule is CC1CN(C2CCCCC2c2ccccc2)CC(C)N1. The van der Waals surface area contributed by atoms with Crippen LogP contribution in [0.3, 0.4) is 0 Å². The molecule has 1 aliphatic carbocycles. The van der Waals surface area contributed by atoms with Crippen molar-refractivity contribution in [2.45, 2.75) is 63.6 Å². The Morgan fingerprint density at radius 3 is 2.30 bits per heavy atom. The molecule has 1 aromatic rings. The highest BCUT2D eigenvalue weighted by molar-refractivity contribution is 5.22. The summed E-state index contributed by atoms with van der Waals surface area (Å²) in [7, 11) is 0. The first-order valence-electron chi connectivity index (χ1n) is 8.29. The smallest absolute Gasteiger partial charge is 0.0169 e. The Labute approximate surface area is 123 Å². The van der Waals surface area contributed by atoms with E-state index in [9.17, 15) is 0 Å². The Kier molecular flexibility index (Phi) is 4.42. The number of rotatable bonds is 2. The molecule has 2 heteroatoms. The lowest BCUT2D eigenvalue weighted by Gasteiger charge is -2.45. The molecule has 4 atom stereocenters. The minimum Gasteiger partial charge on any atom is -0.309 e. The average Bonchev–Trinajstić information content (AvgIpc) is 2.47. The van der Waals surface area contributed by atoms with Crippen molar-refractivity contribution in [2.24, 2.45) is 0 Å². The predicted octanol–water partition coefficient (Wildman–Crippen LogP) is 3.40. The van der Waals surface area contributed by atoms with Crippen LogP contribution in [0, 0.1) is 0 Å². The van der Waals surface area contributed by atoms with Gasteiger partial charge < -0.3 is 5.32 Å². The van der Waals surface area contributed by atoms with Gasteiger partial charge in [-0.3, -0.25) is 4.90 Å². The van der Waals surface area contributed by atoms with Crippen LogP contribution >= 0.6 is 0 Å². The second-order valence-corrected chi connectivity index (χ2v) is 6.79. The van der Waals surface area contributed by atoms with E-state index in [1.165, 1.54) is 38.8 Å². The number of benzene rings is 1. The summed E-state index contributed by atoms with van der Waals surface area (Å²) in [5.41, 5.74) is 1.55. The number of nitrogens with one attached hydrogen (secondary N) is 1. The predicted molar refractivity (Wildman–Crippen MR) is 85.1 cm³/mol. The van der Waals surface area contributed by atoms with E-state index in [0.717, 1.165) is 12.0 Å². The van der Waals surface area contributed by atoms with Crippen molar-refractivity contribution in [3.8, 4) is 0 Å². The fourth-order valence-corrected chi connectivity index (χ4v) is 4.28. The Balaban J connectivity index is 1.78. The van der Waals surface area contributed by atoms with E-state index < -0.39 is 0 Å². The zero-order chi connectivity index (χ0) is 13.9. The lowest BCUT2D eigenvalue weighted by molar-refractivity contribution is 0.0850. The van der Waals surface area contributed by atoms with Gasteiger partial charge in [-0.2, -0.15) is 0 Å². The van der Waals surface area contributed by atoms with Crippen LogP contribution in [0.4, 0.5) is 0 Å². The normalized spacial score (nSPS) is 35.9. The van der Waals surface area contributed by atoms with Crippen molar-refractivity contribution in [3.05, 3.63) is 35.9 Å². The summed E-state index contributed by atoms with van der Waals surface area (Å²) >= 11 is 0. The molecule has 2 fully saturated rings. The second-order valence-electron chi connectivity index (χ2n) is 6.79. The van der Waals surface area contributed by atoms with Gasteiger partial charge in [0.2, 0.25) is 0 Å². The molecule has 0 amide bonds. The lowest BCUT2D eigenvalue weighted by atomic mass is 9.78. The van der Waals surface area contributed by atoms with Gasteiger partial charge in [-0.25, -0.2) is 0 Å². The van der Waals surface area contributed by atoms with Gasteiger partial charge in [0, 0.05) is 31.2 Å². The van der Waals surface area contributed by atoms with Crippen molar-refractivity contribution in [3.63, 3.8) is 0 Å². The van der Waals surface area contributed by atoms with Crippen LogP contribution in [0.1, 0.15) is 51.0 Å². The molecule has 20 heavy (non-hydrogen) atoms. The van der Waals surface area contributed by atoms with Gasteiger partial charge in [0.25, 0.3) is 0 Å². The van der Waals surface area contributed by atoms with Gasteiger partial charge in [0.1, 0.15) is 0 Å². The van der Waals surface area contributed by atoms with Crippen LogP contribution in [0.25, 0.3) is 0 Å². The number of hydrogen-bond donors (Lipinski definition) is 1. The molecule has 0 radical (unpaired) electrons. The molecule has 1 saturated heterocycles. The highest BCUT2D eigenvalue weighted by Gasteiger charge is 2.34. The Bertz CT molecular complexity index is 407. The van der Waals surface area contributed by atoms with Gasteiger partial charge in [0.15, 0.2) is 0 Å². The van der Waals surface area contributed by atoms with Crippen LogP contribution < -0.4 is 5.32 Å². The van der Waals surface area contributed by atoms with E-state index in [0.29, 0.717) is 12.1 Å². The third kappa shape index (κ3) is 3.07. The molecule has 0 aromatic heterocycles. The summed E-state index contributed by atoms with van der Waals surface area (Å²) in [5, 5.41) is 3.66. The second kappa shape index (κ2) is 6.28. The molecule has 2 nitrogen and oxygen atoms in total. The van der Waals surface area contributed by atoms with Crippen LogP contribution in [-0.4, -0.2) is 36.1 Å². The summed E-state index contributed by atoms with van der Waals surface area (Å²) < 4.78 is 0. The highest BCUT2D eigenvalue weighted by Crippen LogP contribution is 2.36. The first-order valence-corrected chi connectivity index (χ1v) is 8.29. The minimum atomic E-state index is 0.622. The molecular weight excluding hydrogens is 244 g/mol. The Morgan fingerprint density at radius 1 is 0.950 bits per heavy atom. The maximum absolute atomic E-state index is 3.66. The van der Waals surface area contributed by atoms with E-state index in [-0.39, 0.29) is 0 Å². The fraction of sp³-hybridized carbons (Fsp3) is 0.667. The van der Waals surface area contributed by atoms with Crippen molar-refractivity contribution in [1.29, 1.82) is 0 Å². The largest absolute Gasteiger partial charge is 0.309 e. The van der Waals surface area contributed by atoms with Crippen molar-refractivity contribution in [2.75, 3.05) is 13.1 Å². The Morgan fingerprint density at radius 2 is 1.60 bits per heavy atom. The summed E-state index contributed by atoms with van der Waals surface area (Å²) in [4.78, 5) is 2.77. The molecule has 1 heterocycles. The molecule has 0 bridgehead atoms. The molecule has 3 rings (SSSR count). The summed E-state index contributed by atoms with van der Waals surface area (Å²) in [6.07, 6.45) is 5.54. The molecule has 4 unspecified atom stereocenters. The average molecular weight is 272 g/mol. The van der Waals surface area contributed by atoms with E-state index in [2.05, 4.69) is 54.4 Å². The molecule has 1 aliphatic heterocycles. The molecule has 1 aromatic carbocycles. The monoisotopic (exact) mass is 272 g/mol. The summed E-state index contributed by atoms with van der Waals surface area (Å²) in [6, 6.07) is 13.2. The zero-order valence-electron chi connectivity index (χ0n) is 12.9. The van der Waals surface area contributed by atoms with Gasteiger partial charge >= 0.3 is 0 Å². The molecule has 2 aliphatic rings. The van der Waals surface area contributed by atoms with Crippen LogP contribution in [0.5, 0.6) is 0 Å². The molecule has 0 spiro atoms. The molecule has 110 valence electrons. The zero-order valence-corrected chi connectivity index (χ0v) is 12.9. The van der Waals surface area contributed by atoms with E-state index in [1.54, 1.807) is 5.56 Å². The number of hydrogen-bond acceptors (Lipinski definition) is 2. The van der Waals surface area contributed by atoms with Gasteiger partial charge in [-0.15, -0.1) is 0 Å². The van der Waals surface area contributed by atoms with Crippen molar-refractivity contribution in [1.82, 2.24) is 10.2 Å². The van der Waals surface area contributed by atoms with Crippen LogP contribution in [0.2, 0.25) is 0 Å². The maximum Gasteiger partial charge on any atom is 0.0169 e. The third-order valence-electron chi connectivity index (χ3n) is 5.01. The number of nitrogens with zero attached hydrogens (tertiary/aromatic N) is 1. The van der Waals surface area contributed by atoms with E-state index >= 15 is 0 Å². The fourth-order valence-electron chi connectivity index (χ4n) is 4.28. The van der Waals surface area contributed by atoms with Gasteiger partial charge in [0.05, 0.1) is 0 Å². The third-order valence-corrected chi connectivity index (χ3v) is 5.01. The maximum atomic E-state index is 3.66. The van der Waals surface area contributed by atoms with Crippen molar-refractivity contribution < 1.29 is 0 Å². The quantitative estimate of drug-likeness (QED) is 0.887. The van der Waals surface area contributed by atoms with Gasteiger partial charge in [-0.05, 0) is 38.2 Å². The minimum absolute atomic E-state index is 0.622. The topological polar surface area (TPSA) is 15.3 Å². The highest BCUT2D eigenvalue weighted by atomic mass is 15.2. The first kappa shape index (κ1) is 14.1. The lowest BCUT2D eigenvalue weighted by Crippen LogP contribution is -2.58. The van der Waals surface area contributed by atoms with E-state index in [1.807, 2.05) is 0 Å². The van der Waals surface area contributed by atoms with Gasteiger partial charge in [-0.1, -0.05) is 43.2 Å². The van der Waals surface area contributed by atoms with E-state index in [4.69, 9.17) is 0 Å². The number of piperazine rings is 1. The standard InChI is InChI=1S/C18H28N2/c1-14-12-20(13-15(2)19-14)18-11-7-6-10-17(18)16-8-4-3-5-9-16/h3-5,8-9,14-15,17-19H,6-7,10-13H2,1-2H3. The molecule has 1 N–H and O–H groups in total. The molecular formula is C18H28N2. The van der Waals surface area contributed by atoms with Crippen LogP contribution in [-0.2, 0) is 0 Å². The van der Waals surface area contributed by atoms with Crippen LogP contribution in [0.15, 0.2) is 30.3 Å². The Hall–Kier alpha value is -0.860. The van der Waals surface area contributed by atoms with Crippen molar-refractivity contribution >= 4 is 0 Å². The molecule has 1 saturated carbocycles.